The Kier molecular flexibility index (Phi) is 17.5. The third-order valence-electron chi connectivity index (χ3n) is 7.92. The molecule has 1 amide bonds. The number of rotatable bonds is 19. The molecular formula is C37H57BrN2O2S. The number of anilines is 1. The lowest BCUT2D eigenvalue weighted by Crippen LogP contribution is -2.17. The van der Waals surface area contributed by atoms with Crippen LogP contribution in [0, 0.1) is 0 Å². The molecule has 1 N–H and O–H groups in total. The van der Waals surface area contributed by atoms with Gasteiger partial charge in [-0.3, -0.25) is 4.79 Å². The second kappa shape index (κ2) is 20.2. The van der Waals surface area contributed by atoms with Gasteiger partial charge in [-0.2, -0.15) is 0 Å². The monoisotopic (exact) mass is 672 g/mol. The van der Waals surface area contributed by atoms with Crippen molar-refractivity contribution >= 4 is 40.3 Å². The molecule has 0 spiro atoms. The SMILES string of the molecule is Br.CCCCCCCCCCCCCCOc1ccc(CC(=O)Nc2ccc(CN3C=C(C)SC3)cc2)cc1C(C)(C)C. The lowest BCUT2D eigenvalue weighted by Gasteiger charge is -2.24. The summed E-state index contributed by atoms with van der Waals surface area (Å²) >= 11 is 1.87. The van der Waals surface area contributed by atoms with Crippen molar-refractivity contribution in [2.75, 3.05) is 17.8 Å². The zero-order valence-electron chi connectivity index (χ0n) is 27.5. The molecule has 0 fully saturated rings. The molecule has 2 aromatic rings. The summed E-state index contributed by atoms with van der Waals surface area (Å²) in [4.78, 5) is 16.5. The number of nitrogens with zero attached hydrogens (tertiary/aromatic N) is 1. The Morgan fingerprint density at radius 1 is 0.860 bits per heavy atom. The van der Waals surface area contributed by atoms with Gasteiger partial charge < -0.3 is 15.0 Å². The molecule has 0 saturated heterocycles. The van der Waals surface area contributed by atoms with E-state index in [0.29, 0.717) is 6.42 Å². The van der Waals surface area contributed by atoms with Gasteiger partial charge >= 0.3 is 0 Å². The largest absolute Gasteiger partial charge is 0.493 e. The van der Waals surface area contributed by atoms with Crippen LogP contribution in [-0.4, -0.2) is 23.3 Å². The van der Waals surface area contributed by atoms with Gasteiger partial charge in [-0.05, 0) is 58.6 Å². The van der Waals surface area contributed by atoms with Gasteiger partial charge in [0.1, 0.15) is 5.75 Å². The fraction of sp³-hybridized carbons (Fsp3) is 0.595. The fourth-order valence-electron chi connectivity index (χ4n) is 5.45. The van der Waals surface area contributed by atoms with Crippen LogP contribution in [0.1, 0.15) is 128 Å². The minimum atomic E-state index is -0.0598. The van der Waals surface area contributed by atoms with E-state index in [4.69, 9.17) is 4.74 Å². The summed E-state index contributed by atoms with van der Waals surface area (Å²) in [6, 6.07) is 14.5. The standard InChI is InChI=1S/C37H56N2O2S.BrH/c1-6-7-8-9-10-11-12-13-14-15-16-17-24-41-35-23-20-32(25-34(35)37(3,4)5)26-36(40)38-33-21-18-31(19-22-33)28-39-27-30(2)42-29-39;/h18-23,25,27H,6-17,24,26,28-29H2,1-5H3,(H,38,40);1H. The van der Waals surface area contributed by atoms with Crippen molar-refractivity contribution in [2.24, 2.45) is 0 Å². The molecule has 0 aliphatic carbocycles. The number of benzene rings is 2. The van der Waals surface area contributed by atoms with E-state index in [2.05, 4.69) is 75.3 Å². The van der Waals surface area contributed by atoms with E-state index in [1.165, 1.54) is 86.7 Å². The van der Waals surface area contributed by atoms with Crippen LogP contribution in [0.2, 0.25) is 0 Å². The van der Waals surface area contributed by atoms with Crippen LogP contribution in [0.4, 0.5) is 5.69 Å². The van der Waals surface area contributed by atoms with Crippen molar-refractivity contribution in [2.45, 2.75) is 130 Å². The van der Waals surface area contributed by atoms with Gasteiger partial charge in [-0.15, -0.1) is 28.7 Å². The van der Waals surface area contributed by atoms with Gasteiger partial charge in [-0.25, -0.2) is 0 Å². The van der Waals surface area contributed by atoms with E-state index in [1.807, 2.05) is 30.0 Å². The number of unbranched alkanes of at least 4 members (excludes halogenated alkanes) is 11. The Morgan fingerprint density at radius 2 is 1.44 bits per heavy atom. The van der Waals surface area contributed by atoms with E-state index in [0.717, 1.165) is 42.4 Å². The molecule has 0 atom stereocenters. The minimum Gasteiger partial charge on any atom is -0.493 e. The van der Waals surface area contributed by atoms with E-state index < -0.39 is 0 Å². The Balaban J connectivity index is 0.00000645. The van der Waals surface area contributed by atoms with Gasteiger partial charge in [-0.1, -0.05) is 123 Å². The highest BCUT2D eigenvalue weighted by atomic mass is 79.9. The summed E-state index contributed by atoms with van der Waals surface area (Å²) in [5.74, 6) is 1.96. The topological polar surface area (TPSA) is 41.6 Å². The van der Waals surface area contributed by atoms with Crippen LogP contribution < -0.4 is 10.1 Å². The highest BCUT2D eigenvalue weighted by molar-refractivity contribution is 8.93. The predicted octanol–water partition coefficient (Wildman–Crippen LogP) is 11.2. The Hall–Kier alpha value is -1.92. The zero-order chi connectivity index (χ0) is 30.2. The summed E-state index contributed by atoms with van der Waals surface area (Å²) in [7, 11) is 0. The number of hydrogen-bond acceptors (Lipinski definition) is 4. The molecule has 6 heteroatoms. The van der Waals surface area contributed by atoms with E-state index in [9.17, 15) is 4.79 Å². The maximum Gasteiger partial charge on any atom is 0.228 e. The minimum absolute atomic E-state index is 0. The van der Waals surface area contributed by atoms with Crippen molar-refractivity contribution in [3.8, 4) is 5.75 Å². The lowest BCUT2D eigenvalue weighted by atomic mass is 9.85. The Bertz CT molecular complexity index is 1110. The molecule has 3 rings (SSSR count). The molecule has 0 bridgehead atoms. The first-order chi connectivity index (χ1) is 20.2. The Labute approximate surface area is 277 Å². The average Bonchev–Trinajstić information content (AvgIpc) is 3.36. The van der Waals surface area contributed by atoms with Crippen molar-refractivity contribution in [1.82, 2.24) is 4.90 Å². The zero-order valence-corrected chi connectivity index (χ0v) is 30.0. The van der Waals surface area contributed by atoms with Crippen molar-refractivity contribution in [3.63, 3.8) is 0 Å². The highest BCUT2D eigenvalue weighted by Gasteiger charge is 2.20. The molecule has 1 aliphatic heterocycles. The molecular weight excluding hydrogens is 616 g/mol. The van der Waals surface area contributed by atoms with Crippen LogP contribution in [0.3, 0.4) is 0 Å². The quantitative estimate of drug-likeness (QED) is 0.151. The molecule has 2 aromatic carbocycles. The number of carbonyl (C=O) groups excluding carboxylic acids is 1. The first-order valence-electron chi connectivity index (χ1n) is 16.4. The van der Waals surface area contributed by atoms with Crippen LogP contribution in [-0.2, 0) is 23.2 Å². The molecule has 43 heavy (non-hydrogen) atoms. The van der Waals surface area contributed by atoms with Gasteiger partial charge in [0.05, 0.1) is 18.9 Å². The summed E-state index contributed by atoms with van der Waals surface area (Å²) in [6.07, 6.45) is 18.7. The third kappa shape index (κ3) is 14.6. The summed E-state index contributed by atoms with van der Waals surface area (Å²) in [5, 5.41) is 3.07. The maximum atomic E-state index is 12.9. The van der Waals surface area contributed by atoms with E-state index in [-0.39, 0.29) is 28.3 Å². The lowest BCUT2D eigenvalue weighted by molar-refractivity contribution is -0.115. The number of nitrogens with one attached hydrogen (secondary N) is 1. The number of allylic oxidation sites excluding steroid dienone is 1. The molecule has 4 nitrogen and oxygen atoms in total. The number of ether oxygens (including phenoxy) is 1. The first kappa shape index (κ1) is 37.3. The smallest absolute Gasteiger partial charge is 0.228 e. The van der Waals surface area contributed by atoms with Gasteiger partial charge in [0, 0.05) is 18.4 Å². The Morgan fingerprint density at radius 3 is 2.00 bits per heavy atom. The van der Waals surface area contributed by atoms with Gasteiger partial charge in [0.2, 0.25) is 5.91 Å². The van der Waals surface area contributed by atoms with Crippen LogP contribution in [0.5, 0.6) is 5.75 Å². The average molecular weight is 674 g/mol. The summed E-state index contributed by atoms with van der Waals surface area (Å²) in [5.41, 5.74) is 4.20. The van der Waals surface area contributed by atoms with E-state index >= 15 is 0 Å². The summed E-state index contributed by atoms with van der Waals surface area (Å²) in [6.45, 7) is 12.7. The first-order valence-corrected chi connectivity index (χ1v) is 17.4. The van der Waals surface area contributed by atoms with Crippen LogP contribution >= 0.6 is 28.7 Å². The molecule has 1 aliphatic rings. The second-order valence-corrected chi connectivity index (χ2v) is 14.2. The molecule has 0 aromatic heterocycles. The van der Waals surface area contributed by atoms with Crippen molar-refractivity contribution < 1.29 is 9.53 Å². The number of hydrogen-bond donors (Lipinski definition) is 1. The normalized spacial score (nSPS) is 13.0. The number of halogens is 1. The number of amides is 1. The fourth-order valence-corrected chi connectivity index (χ4v) is 6.21. The van der Waals surface area contributed by atoms with Gasteiger partial charge in [0.25, 0.3) is 0 Å². The molecule has 0 radical (unpaired) electrons. The van der Waals surface area contributed by atoms with Crippen molar-refractivity contribution in [3.05, 3.63) is 70.3 Å². The second-order valence-electron chi connectivity index (χ2n) is 13.0. The molecule has 1 heterocycles. The molecule has 0 unspecified atom stereocenters. The predicted molar refractivity (Wildman–Crippen MR) is 193 cm³/mol. The molecule has 240 valence electrons. The number of thioether (sulfide) groups is 1. The third-order valence-corrected chi connectivity index (χ3v) is 8.94. The molecule has 0 saturated carbocycles. The van der Waals surface area contributed by atoms with E-state index in [1.54, 1.807) is 0 Å². The highest BCUT2D eigenvalue weighted by Crippen LogP contribution is 2.33. The van der Waals surface area contributed by atoms with Crippen LogP contribution in [0.15, 0.2) is 53.6 Å². The summed E-state index contributed by atoms with van der Waals surface area (Å²) < 4.78 is 6.27. The van der Waals surface area contributed by atoms with Crippen molar-refractivity contribution in [1.29, 1.82) is 0 Å². The maximum absolute atomic E-state index is 12.9. The number of carbonyl (C=O) groups is 1. The van der Waals surface area contributed by atoms with Crippen LogP contribution in [0.25, 0.3) is 0 Å². The van der Waals surface area contributed by atoms with Gasteiger partial charge in [0.15, 0.2) is 0 Å².